The van der Waals surface area contributed by atoms with E-state index in [1.807, 2.05) is 0 Å². The monoisotopic (exact) mass is 287 g/mol. The number of pyridine rings is 1. The maximum absolute atomic E-state index is 4.32. The third-order valence-corrected chi connectivity index (χ3v) is 3.70. The standard InChI is InChI=1S/C17H22N2S/c1-18(2)16-9-6-15(7-10-16)8-11-17-5-3-4-12-19(17)13-14-20/h3-7,9-10,12H,8,11,13-14H2,1-2H3/p+1. The number of nitrogens with zero attached hydrogens (tertiary/aromatic N) is 2. The lowest BCUT2D eigenvalue weighted by Crippen LogP contribution is -2.38. The smallest absolute Gasteiger partial charge is 0.181 e. The summed E-state index contributed by atoms with van der Waals surface area (Å²) in [5, 5.41) is 0. The van der Waals surface area contributed by atoms with Crippen LogP contribution in [0.3, 0.4) is 0 Å². The van der Waals surface area contributed by atoms with Crippen LogP contribution in [0.15, 0.2) is 48.7 Å². The third-order valence-electron chi connectivity index (χ3n) is 3.50. The van der Waals surface area contributed by atoms with Gasteiger partial charge in [-0.1, -0.05) is 18.2 Å². The summed E-state index contributed by atoms with van der Waals surface area (Å²) in [5.41, 5.74) is 4.01. The van der Waals surface area contributed by atoms with Crippen LogP contribution in [0.5, 0.6) is 0 Å². The van der Waals surface area contributed by atoms with Crippen molar-refractivity contribution in [2.75, 3.05) is 24.7 Å². The Morgan fingerprint density at radius 1 is 1.00 bits per heavy atom. The van der Waals surface area contributed by atoms with Crippen molar-refractivity contribution in [2.45, 2.75) is 19.4 Å². The van der Waals surface area contributed by atoms with Gasteiger partial charge in [0.1, 0.15) is 0 Å². The molecule has 0 N–H and O–H groups in total. The predicted molar refractivity (Wildman–Crippen MR) is 88.7 cm³/mol. The molecule has 1 heterocycles. The van der Waals surface area contributed by atoms with Crippen LogP contribution in [0.25, 0.3) is 0 Å². The molecule has 3 heteroatoms. The van der Waals surface area contributed by atoms with Gasteiger partial charge in [-0.3, -0.25) is 0 Å². The molecule has 0 amide bonds. The molecule has 0 saturated carbocycles. The maximum atomic E-state index is 4.32. The molecule has 1 aromatic carbocycles. The first-order chi connectivity index (χ1) is 9.70. The van der Waals surface area contributed by atoms with Crippen molar-refractivity contribution in [3.05, 3.63) is 59.9 Å². The highest BCUT2D eigenvalue weighted by atomic mass is 32.1. The number of anilines is 1. The molecule has 0 spiro atoms. The summed E-state index contributed by atoms with van der Waals surface area (Å²) < 4.78 is 2.29. The minimum absolute atomic E-state index is 0.874. The largest absolute Gasteiger partial charge is 0.378 e. The van der Waals surface area contributed by atoms with Crippen LogP contribution in [0.2, 0.25) is 0 Å². The molecule has 0 aliphatic carbocycles. The van der Waals surface area contributed by atoms with E-state index in [9.17, 15) is 0 Å². The Morgan fingerprint density at radius 2 is 1.75 bits per heavy atom. The van der Waals surface area contributed by atoms with E-state index in [-0.39, 0.29) is 0 Å². The zero-order valence-corrected chi connectivity index (χ0v) is 13.2. The van der Waals surface area contributed by atoms with Crippen LogP contribution < -0.4 is 9.47 Å². The molecule has 106 valence electrons. The van der Waals surface area contributed by atoms with Gasteiger partial charge in [-0.25, -0.2) is 4.57 Å². The van der Waals surface area contributed by atoms with Crippen LogP contribution in [-0.4, -0.2) is 19.8 Å². The fourth-order valence-corrected chi connectivity index (χ4v) is 2.51. The van der Waals surface area contributed by atoms with Crippen molar-refractivity contribution in [3.8, 4) is 0 Å². The second-order valence-corrected chi connectivity index (χ2v) is 5.62. The normalized spacial score (nSPS) is 10.6. The molecular formula is C17H23N2S+. The summed E-state index contributed by atoms with van der Waals surface area (Å²) in [5.74, 6) is 0.874. The first kappa shape index (κ1) is 14.9. The van der Waals surface area contributed by atoms with E-state index in [1.165, 1.54) is 16.9 Å². The lowest BCUT2D eigenvalue weighted by molar-refractivity contribution is -0.699. The zero-order chi connectivity index (χ0) is 14.4. The van der Waals surface area contributed by atoms with Crippen molar-refractivity contribution in [1.29, 1.82) is 0 Å². The van der Waals surface area contributed by atoms with Crippen LogP contribution in [0, 0.1) is 0 Å². The van der Waals surface area contributed by atoms with Gasteiger partial charge in [0.05, 0.1) is 0 Å². The quantitative estimate of drug-likeness (QED) is 0.634. The Morgan fingerprint density at radius 3 is 2.40 bits per heavy atom. The van der Waals surface area contributed by atoms with Gasteiger partial charge in [0.25, 0.3) is 0 Å². The molecule has 0 atom stereocenters. The van der Waals surface area contributed by atoms with Crippen molar-refractivity contribution in [3.63, 3.8) is 0 Å². The number of benzene rings is 1. The molecule has 2 aromatic rings. The molecule has 0 aliphatic rings. The lowest BCUT2D eigenvalue weighted by atomic mass is 10.1. The van der Waals surface area contributed by atoms with Gasteiger partial charge < -0.3 is 4.90 Å². The Bertz CT molecular complexity index is 535. The average Bonchev–Trinajstić information content (AvgIpc) is 2.47. The molecule has 0 radical (unpaired) electrons. The SMILES string of the molecule is CN(C)c1ccc(CCc2cccc[n+]2CCS)cc1. The van der Waals surface area contributed by atoms with Gasteiger partial charge in [0.2, 0.25) is 0 Å². The maximum Gasteiger partial charge on any atom is 0.181 e. The van der Waals surface area contributed by atoms with Crippen molar-refractivity contribution >= 4 is 18.3 Å². The van der Waals surface area contributed by atoms with Gasteiger partial charge in [-0.15, -0.1) is 0 Å². The highest BCUT2D eigenvalue weighted by molar-refractivity contribution is 7.80. The van der Waals surface area contributed by atoms with Crippen LogP contribution >= 0.6 is 12.6 Å². The number of aromatic nitrogens is 1. The summed E-state index contributed by atoms with van der Waals surface area (Å²) in [6, 6.07) is 15.2. The molecule has 2 nitrogen and oxygen atoms in total. The Hall–Kier alpha value is -1.48. The molecule has 0 bridgehead atoms. The lowest BCUT2D eigenvalue weighted by Gasteiger charge is -2.12. The van der Waals surface area contributed by atoms with Gasteiger partial charge in [0.15, 0.2) is 18.4 Å². The number of hydrogen-bond acceptors (Lipinski definition) is 2. The van der Waals surface area contributed by atoms with E-state index >= 15 is 0 Å². The molecule has 20 heavy (non-hydrogen) atoms. The summed E-state index contributed by atoms with van der Waals surface area (Å²) in [4.78, 5) is 2.13. The second-order valence-electron chi connectivity index (χ2n) is 5.17. The summed E-state index contributed by atoms with van der Waals surface area (Å²) >= 11 is 4.32. The molecule has 0 unspecified atom stereocenters. The van der Waals surface area contributed by atoms with Crippen LogP contribution in [-0.2, 0) is 19.4 Å². The number of aryl methyl sites for hydroxylation is 3. The number of thiol groups is 1. The highest BCUT2D eigenvalue weighted by Crippen LogP contribution is 2.13. The van der Waals surface area contributed by atoms with Gasteiger partial charge in [-0.05, 0) is 24.1 Å². The van der Waals surface area contributed by atoms with Gasteiger partial charge >= 0.3 is 0 Å². The van der Waals surface area contributed by atoms with Crippen molar-refractivity contribution in [2.24, 2.45) is 0 Å². The number of rotatable bonds is 6. The summed E-state index contributed by atoms with van der Waals surface area (Å²) in [7, 11) is 4.14. The molecule has 0 saturated heterocycles. The first-order valence-electron chi connectivity index (χ1n) is 7.05. The first-order valence-corrected chi connectivity index (χ1v) is 7.68. The Labute approximate surface area is 127 Å². The fourth-order valence-electron chi connectivity index (χ4n) is 2.30. The summed E-state index contributed by atoms with van der Waals surface area (Å²) in [6.45, 7) is 0.971. The third kappa shape index (κ3) is 4.01. The Kier molecular flexibility index (Phi) is 5.48. The molecule has 0 aliphatic heterocycles. The molecule has 2 rings (SSSR count). The average molecular weight is 287 g/mol. The van der Waals surface area contributed by atoms with E-state index in [0.29, 0.717) is 0 Å². The molecular weight excluding hydrogens is 264 g/mol. The van der Waals surface area contributed by atoms with E-state index in [1.54, 1.807) is 0 Å². The van der Waals surface area contributed by atoms with Crippen molar-refractivity contribution < 1.29 is 4.57 Å². The van der Waals surface area contributed by atoms with E-state index < -0.39 is 0 Å². The fraction of sp³-hybridized carbons (Fsp3) is 0.353. The summed E-state index contributed by atoms with van der Waals surface area (Å²) in [6.07, 6.45) is 4.28. The molecule has 0 fully saturated rings. The van der Waals surface area contributed by atoms with E-state index in [0.717, 1.165) is 25.1 Å². The van der Waals surface area contributed by atoms with Crippen LogP contribution in [0.1, 0.15) is 11.3 Å². The Balaban J connectivity index is 2.01. The topological polar surface area (TPSA) is 7.12 Å². The zero-order valence-electron chi connectivity index (χ0n) is 12.3. The van der Waals surface area contributed by atoms with Crippen LogP contribution in [0.4, 0.5) is 5.69 Å². The van der Waals surface area contributed by atoms with E-state index in [2.05, 4.69) is 84.9 Å². The van der Waals surface area contributed by atoms with Gasteiger partial charge in [-0.2, -0.15) is 12.6 Å². The predicted octanol–water partition coefficient (Wildman–Crippen LogP) is 2.76. The van der Waals surface area contributed by atoms with Crippen molar-refractivity contribution in [1.82, 2.24) is 0 Å². The minimum atomic E-state index is 0.874. The molecule has 1 aromatic heterocycles. The van der Waals surface area contributed by atoms with E-state index in [4.69, 9.17) is 0 Å². The minimum Gasteiger partial charge on any atom is -0.378 e. The number of hydrogen-bond donors (Lipinski definition) is 1. The highest BCUT2D eigenvalue weighted by Gasteiger charge is 2.08. The second kappa shape index (κ2) is 7.34. The van der Waals surface area contributed by atoms with Gasteiger partial charge in [0, 0.05) is 44.1 Å².